The van der Waals surface area contributed by atoms with Crippen LogP contribution in [0.25, 0.3) is 10.9 Å². The molecular weight excluding hydrogens is 314 g/mol. The molecule has 4 rings (SSSR count). The molecule has 0 amide bonds. The lowest BCUT2D eigenvalue weighted by Crippen LogP contribution is -2.37. The molecule has 1 aromatic carbocycles. The van der Waals surface area contributed by atoms with Crippen molar-refractivity contribution in [1.82, 2.24) is 25.5 Å². The average molecular weight is 337 g/mol. The van der Waals surface area contributed by atoms with Crippen molar-refractivity contribution in [3.63, 3.8) is 0 Å². The van der Waals surface area contributed by atoms with Crippen molar-refractivity contribution in [1.29, 1.82) is 0 Å². The van der Waals surface area contributed by atoms with Gasteiger partial charge in [0.05, 0.1) is 11.7 Å². The third-order valence-corrected chi connectivity index (χ3v) is 4.61. The summed E-state index contributed by atoms with van der Waals surface area (Å²) < 4.78 is 0. The van der Waals surface area contributed by atoms with E-state index in [1.807, 2.05) is 30.6 Å². The highest BCUT2D eigenvalue weighted by Crippen LogP contribution is 2.21. The maximum absolute atomic E-state index is 4.72. The monoisotopic (exact) mass is 337 g/mol. The molecule has 7 nitrogen and oxygen atoms in total. The smallest absolute Gasteiger partial charge is 0.227 e. The molecule has 130 valence electrons. The first-order valence-corrected chi connectivity index (χ1v) is 8.83. The van der Waals surface area contributed by atoms with Gasteiger partial charge in [0, 0.05) is 36.4 Å². The summed E-state index contributed by atoms with van der Waals surface area (Å²) in [5.41, 5.74) is 2.01. The van der Waals surface area contributed by atoms with Crippen LogP contribution in [0.3, 0.4) is 0 Å². The lowest BCUT2D eigenvalue weighted by atomic mass is 10.2. The Morgan fingerprint density at radius 3 is 3.20 bits per heavy atom. The zero-order chi connectivity index (χ0) is 17.1. The van der Waals surface area contributed by atoms with Gasteiger partial charge >= 0.3 is 0 Å². The average Bonchev–Trinajstić information content (AvgIpc) is 2.97. The minimum atomic E-state index is 0.492. The van der Waals surface area contributed by atoms with Gasteiger partial charge in [0.2, 0.25) is 5.95 Å². The molecule has 0 aliphatic carbocycles. The molecule has 1 fully saturated rings. The maximum Gasteiger partial charge on any atom is 0.227 e. The number of nitrogens with one attached hydrogen (secondary N) is 3. The van der Waals surface area contributed by atoms with Crippen LogP contribution < -0.4 is 15.5 Å². The van der Waals surface area contributed by atoms with Crippen molar-refractivity contribution >= 4 is 28.4 Å². The van der Waals surface area contributed by atoms with Gasteiger partial charge in [0.15, 0.2) is 0 Å². The van der Waals surface area contributed by atoms with E-state index < -0.39 is 0 Å². The fourth-order valence-corrected chi connectivity index (χ4v) is 3.19. The van der Waals surface area contributed by atoms with Gasteiger partial charge in [0.25, 0.3) is 0 Å². The summed E-state index contributed by atoms with van der Waals surface area (Å²) >= 11 is 0. The maximum atomic E-state index is 4.72. The molecule has 0 radical (unpaired) electrons. The summed E-state index contributed by atoms with van der Waals surface area (Å²) in [7, 11) is 0. The second-order valence-electron chi connectivity index (χ2n) is 6.40. The summed E-state index contributed by atoms with van der Waals surface area (Å²) in [5.74, 6) is 1.59. The van der Waals surface area contributed by atoms with Crippen LogP contribution >= 0.6 is 0 Å². The van der Waals surface area contributed by atoms with E-state index in [-0.39, 0.29) is 0 Å². The van der Waals surface area contributed by atoms with E-state index in [4.69, 9.17) is 4.98 Å². The summed E-state index contributed by atoms with van der Waals surface area (Å²) in [5, 5.41) is 15.0. The van der Waals surface area contributed by atoms with Crippen LogP contribution in [0.2, 0.25) is 0 Å². The van der Waals surface area contributed by atoms with Crippen molar-refractivity contribution in [2.75, 3.05) is 29.9 Å². The number of hydrogen-bond acceptors (Lipinski definition) is 6. The van der Waals surface area contributed by atoms with Gasteiger partial charge < -0.3 is 15.5 Å². The van der Waals surface area contributed by atoms with Crippen LogP contribution in [0.5, 0.6) is 0 Å². The normalized spacial score (nSPS) is 18.3. The van der Waals surface area contributed by atoms with Gasteiger partial charge in [-0.05, 0) is 43.7 Å². The number of rotatable bonds is 4. The Morgan fingerprint density at radius 2 is 2.28 bits per heavy atom. The number of benzene rings is 1. The van der Waals surface area contributed by atoms with E-state index in [2.05, 4.69) is 43.7 Å². The minimum absolute atomic E-state index is 0.492. The number of hydrogen-bond donors (Lipinski definition) is 3. The quantitative estimate of drug-likeness (QED) is 0.679. The molecule has 1 saturated heterocycles. The van der Waals surface area contributed by atoms with Crippen LogP contribution in [0.15, 0.2) is 36.7 Å². The molecule has 1 aliphatic heterocycles. The Kier molecular flexibility index (Phi) is 4.47. The molecule has 0 bridgehead atoms. The van der Waals surface area contributed by atoms with Crippen molar-refractivity contribution in [2.45, 2.75) is 25.8 Å². The van der Waals surface area contributed by atoms with E-state index >= 15 is 0 Å². The first-order chi connectivity index (χ1) is 12.3. The Balaban J connectivity index is 1.54. The standard InChI is InChI=1S/C18H23N7/c1-2-14-12-25(9-3-7-19-14)18-20-8-6-17(23-18)22-15-4-5-16-13(10-15)11-21-24-16/h4-6,8,10-11,14,19H,2-3,7,9,12H2,1H3,(H,21,24)(H,20,22,23). The van der Waals surface area contributed by atoms with Crippen LogP contribution in [-0.4, -0.2) is 45.8 Å². The molecule has 1 aliphatic rings. The number of aromatic amines is 1. The summed E-state index contributed by atoms with van der Waals surface area (Å²) in [6, 6.07) is 8.48. The fourth-order valence-electron chi connectivity index (χ4n) is 3.19. The second kappa shape index (κ2) is 7.06. The van der Waals surface area contributed by atoms with Gasteiger partial charge in [-0.25, -0.2) is 4.98 Å². The lowest BCUT2D eigenvalue weighted by molar-refractivity contribution is 0.527. The minimum Gasteiger partial charge on any atom is -0.340 e. The Hall–Kier alpha value is -2.67. The van der Waals surface area contributed by atoms with E-state index in [9.17, 15) is 0 Å². The van der Waals surface area contributed by atoms with E-state index in [0.717, 1.165) is 60.8 Å². The summed E-state index contributed by atoms with van der Waals surface area (Å²) in [6.07, 6.45) is 5.86. The molecule has 3 aromatic rings. The zero-order valence-electron chi connectivity index (χ0n) is 14.4. The first kappa shape index (κ1) is 15.8. The lowest BCUT2D eigenvalue weighted by Gasteiger charge is -2.24. The predicted molar refractivity (Wildman–Crippen MR) is 100 cm³/mol. The molecule has 25 heavy (non-hydrogen) atoms. The van der Waals surface area contributed by atoms with Gasteiger partial charge in [0.1, 0.15) is 5.82 Å². The first-order valence-electron chi connectivity index (χ1n) is 8.83. The predicted octanol–water partition coefficient (Wildman–Crippen LogP) is 2.67. The fraction of sp³-hybridized carbons (Fsp3) is 0.389. The molecule has 0 saturated carbocycles. The largest absolute Gasteiger partial charge is 0.340 e. The zero-order valence-corrected chi connectivity index (χ0v) is 14.4. The van der Waals surface area contributed by atoms with Gasteiger partial charge in [-0.3, -0.25) is 5.10 Å². The summed E-state index contributed by atoms with van der Waals surface area (Å²) in [6.45, 7) is 5.19. The molecule has 7 heteroatoms. The SMILES string of the molecule is CCC1CN(c2nccc(Nc3ccc4[nH]ncc4c3)n2)CCCN1. The molecule has 2 aromatic heterocycles. The highest BCUT2D eigenvalue weighted by Gasteiger charge is 2.18. The highest BCUT2D eigenvalue weighted by atomic mass is 15.3. The van der Waals surface area contributed by atoms with Crippen molar-refractivity contribution in [2.24, 2.45) is 0 Å². The van der Waals surface area contributed by atoms with Crippen LogP contribution in [0.1, 0.15) is 19.8 Å². The second-order valence-corrected chi connectivity index (χ2v) is 6.40. The Morgan fingerprint density at radius 1 is 1.32 bits per heavy atom. The molecule has 1 unspecified atom stereocenters. The molecule has 3 N–H and O–H groups in total. The molecule has 0 spiro atoms. The third kappa shape index (κ3) is 3.56. The van der Waals surface area contributed by atoms with Crippen LogP contribution in [0.4, 0.5) is 17.5 Å². The van der Waals surface area contributed by atoms with Crippen LogP contribution in [0, 0.1) is 0 Å². The third-order valence-electron chi connectivity index (χ3n) is 4.61. The molecular formula is C18H23N7. The van der Waals surface area contributed by atoms with E-state index in [1.54, 1.807) is 0 Å². The van der Waals surface area contributed by atoms with E-state index in [1.165, 1.54) is 0 Å². The number of aromatic nitrogens is 4. The van der Waals surface area contributed by atoms with Gasteiger partial charge in [-0.2, -0.15) is 10.1 Å². The highest BCUT2D eigenvalue weighted by molar-refractivity contribution is 5.82. The number of fused-ring (bicyclic) bond motifs is 1. The number of H-pyrrole nitrogens is 1. The van der Waals surface area contributed by atoms with Crippen molar-refractivity contribution < 1.29 is 0 Å². The Bertz CT molecular complexity index is 844. The van der Waals surface area contributed by atoms with Crippen LogP contribution in [-0.2, 0) is 0 Å². The van der Waals surface area contributed by atoms with Crippen molar-refractivity contribution in [3.8, 4) is 0 Å². The number of nitrogens with zero attached hydrogens (tertiary/aromatic N) is 4. The van der Waals surface area contributed by atoms with Crippen molar-refractivity contribution in [3.05, 3.63) is 36.7 Å². The number of anilines is 3. The summed E-state index contributed by atoms with van der Waals surface area (Å²) in [4.78, 5) is 11.5. The Labute approximate surface area is 146 Å². The van der Waals surface area contributed by atoms with Gasteiger partial charge in [-0.15, -0.1) is 0 Å². The van der Waals surface area contributed by atoms with E-state index in [0.29, 0.717) is 6.04 Å². The molecule has 3 heterocycles. The molecule has 1 atom stereocenters. The topological polar surface area (TPSA) is 81.8 Å². The van der Waals surface area contributed by atoms with Gasteiger partial charge in [-0.1, -0.05) is 6.92 Å².